The van der Waals surface area contributed by atoms with E-state index < -0.39 is 5.97 Å². The zero-order valence-electron chi connectivity index (χ0n) is 21.4. The zero-order chi connectivity index (χ0) is 26.2. The topological polar surface area (TPSA) is 123 Å². The second-order valence-electron chi connectivity index (χ2n) is 8.70. The van der Waals surface area contributed by atoms with E-state index >= 15 is 0 Å². The quantitative estimate of drug-likeness (QED) is 0.228. The van der Waals surface area contributed by atoms with Crippen LogP contribution in [-0.2, 0) is 4.74 Å². The third-order valence-electron chi connectivity index (χ3n) is 5.43. The third-order valence-corrected chi connectivity index (χ3v) is 5.43. The molecule has 0 aliphatic carbocycles. The van der Waals surface area contributed by atoms with Crippen LogP contribution >= 0.6 is 0 Å². The van der Waals surface area contributed by atoms with Crippen molar-refractivity contribution >= 4 is 34.8 Å². The Kier molecular flexibility index (Phi) is 8.97. The molecule has 0 aliphatic rings. The highest BCUT2D eigenvalue weighted by Crippen LogP contribution is 2.33. The second kappa shape index (κ2) is 12.1. The van der Waals surface area contributed by atoms with Crippen LogP contribution in [0.5, 0.6) is 0 Å². The highest BCUT2D eigenvalue weighted by molar-refractivity contribution is 6.10. The van der Waals surface area contributed by atoms with Crippen molar-refractivity contribution in [1.29, 1.82) is 5.41 Å². The number of ether oxygens (including phenoxy) is 1. The Bertz CT molecular complexity index is 1210. The number of aliphatic hydroxyl groups is 1. The van der Waals surface area contributed by atoms with Crippen molar-refractivity contribution in [1.82, 2.24) is 9.97 Å². The van der Waals surface area contributed by atoms with Crippen molar-refractivity contribution in [2.75, 3.05) is 49.4 Å². The number of carbonyl (C=O) groups is 1. The molecular weight excluding hydrogens is 456 g/mol. The van der Waals surface area contributed by atoms with Crippen LogP contribution in [0.4, 0.5) is 23.1 Å². The Morgan fingerprint density at radius 1 is 1.14 bits per heavy atom. The van der Waals surface area contributed by atoms with Crippen LogP contribution in [0.15, 0.2) is 48.5 Å². The molecule has 3 aromatic rings. The van der Waals surface area contributed by atoms with Gasteiger partial charge in [0.1, 0.15) is 17.5 Å². The van der Waals surface area contributed by atoms with Crippen molar-refractivity contribution in [2.24, 2.45) is 5.92 Å². The molecule has 1 aromatic carbocycles. The Morgan fingerprint density at radius 2 is 1.86 bits per heavy atom. The smallest absolute Gasteiger partial charge is 0.357 e. The van der Waals surface area contributed by atoms with Gasteiger partial charge < -0.3 is 30.8 Å². The van der Waals surface area contributed by atoms with Crippen molar-refractivity contribution in [3.8, 4) is 11.1 Å². The summed E-state index contributed by atoms with van der Waals surface area (Å²) in [7, 11) is 3.81. The first kappa shape index (κ1) is 26.6. The van der Waals surface area contributed by atoms with E-state index in [-0.39, 0.29) is 24.8 Å². The number of pyridine rings is 2. The molecule has 4 N–H and O–H groups in total. The Hall–Kier alpha value is -3.98. The van der Waals surface area contributed by atoms with Crippen LogP contribution in [0.25, 0.3) is 11.1 Å². The van der Waals surface area contributed by atoms with Crippen molar-refractivity contribution < 1.29 is 14.6 Å². The fraction of sp³-hybridized carbons (Fsp3) is 0.333. The van der Waals surface area contributed by atoms with E-state index in [1.807, 2.05) is 75.3 Å². The molecule has 3 rings (SSSR count). The molecule has 0 unspecified atom stereocenters. The molecular formula is C27H34N6O3. The average molecular weight is 491 g/mol. The molecule has 0 aliphatic heterocycles. The maximum Gasteiger partial charge on any atom is 0.357 e. The molecule has 9 heteroatoms. The SMILES string of the molecule is CCOC(=O)c1cc(-c2ccc(NCCO)cc2)c(C(=N)C(C)C)c(Nc2cccc(N(C)C)n2)n1. The minimum absolute atomic E-state index is 0.0305. The van der Waals surface area contributed by atoms with Gasteiger partial charge in [-0.05, 0) is 54.3 Å². The number of benzene rings is 1. The molecule has 9 nitrogen and oxygen atoms in total. The zero-order valence-corrected chi connectivity index (χ0v) is 21.4. The van der Waals surface area contributed by atoms with E-state index in [0.29, 0.717) is 35.0 Å². The number of aromatic nitrogens is 2. The van der Waals surface area contributed by atoms with Crippen LogP contribution in [0.1, 0.15) is 36.8 Å². The molecule has 190 valence electrons. The first-order chi connectivity index (χ1) is 17.2. The number of hydrogen-bond donors (Lipinski definition) is 4. The van der Waals surface area contributed by atoms with Gasteiger partial charge in [0.15, 0.2) is 5.69 Å². The van der Waals surface area contributed by atoms with Gasteiger partial charge >= 0.3 is 5.97 Å². The number of anilines is 4. The minimum Gasteiger partial charge on any atom is -0.461 e. The number of hydrogen-bond acceptors (Lipinski definition) is 9. The van der Waals surface area contributed by atoms with Crippen LogP contribution in [0, 0.1) is 11.3 Å². The van der Waals surface area contributed by atoms with Crippen molar-refractivity contribution in [2.45, 2.75) is 20.8 Å². The molecule has 0 fully saturated rings. The molecule has 2 heterocycles. The predicted octanol–water partition coefficient (Wildman–Crippen LogP) is 4.56. The van der Waals surface area contributed by atoms with Crippen molar-refractivity contribution in [3.05, 3.63) is 59.8 Å². The minimum atomic E-state index is -0.541. The van der Waals surface area contributed by atoms with Gasteiger partial charge in [0.25, 0.3) is 0 Å². The summed E-state index contributed by atoms with van der Waals surface area (Å²) in [6.07, 6.45) is 0. The van der Waals surface area contributed by atoms with Crippen LogP contribution in [-0.4, -0.2) is 60.6 Å². The highest BCUT2D eigenvalue weighted by atomic mass is 16.5. The molecule has 0 amide bonds. The number of rotatable bonds is 11. The Labute approximate surface area is 212 Å². The lowest BCUT2D eigenvalue weighted by molar-refractivity contribution is 0.0519. The average Bonchev–Trinajstić information content (AvgIpc) is 2.87. The van der Waals surface area contributed by atoms with Gasteiger partial charge in [-0.15, -0.1) is 0 Å². The van der Waals surface area contributed by atoms with Crippen molar-refractivity contribution in [3.63, 3.8) is 0 Å². The summed E-state index contributed by atoms with van der Waals surface area (Å²) in [4.78, 5) is 23.8. The summed E-state index contributed by atoms with van der Waals surface area (Å²) in [5.74, 6) is 1.03. The number of nitrogens with one attached hydrogen (secondary N) is 3. The van der Waals surface area contributed by atoms with Crippen LogP contribution in [0.2, 0.25) is 0 Å². The lowest BCUT2D eigenvalue weighted by Gasteiger charge is -2.20. The highest BCUT2D eigenvalue weighted by Gasteiger charge is 2.23. The van der Waals surface area contributed by atoms with E-state index in [0.717, 1.165) is 17.1 Å². The number of nitrogens with zero attached hydrogens (tertiary/aromatic N) is 3. The summed E-state index contributed by atoms with van der Waals surface area (Å²) < 4.78 is 5.25. The monoisotopic (exact) mass is 490 g/mol. The predicted molar refractivity (Wildman–Crippen MR) is 145 cm³/mol. The van der Waals surface area contributed by atoms with Crippen LogP contribution < -0.4 is 15.5 Å². The van der Waals surface area contributed by atoms with E-state index in [1.165, 1.54) is 0 Å². The molecule has 0 saturated carbocycles. The summed E-state index contributed by atoms with van der Waals surface area (Å²) in [6, 6.07) is 14.9. The van der Waals surface area contributed by atoms with Gasteiger partial charge in [-0.3, -0.25) is 0 Å². The first-order valence-corrected chi connectivity index (χ1v) is 11.9. The fourth-order valence-electron chi connectivity index (χ4n) is 3.57. The molecule has 0 atom stereocenters. The first-order valence-electron chi connectivity index (χ1n) is 11.9. The van der Waals surface area contributed by atoms with Gasteiger partial charge in [0, 0.05) is 37.6 Å². The Balaban J connectivity index is 2.20. The normalized spacial score (nSPS) is 10.8. The van der Waals surface area contributed by atoms with E-state index in [4.69, 9.17) is 15.3 Å². The van der Waals surface area contributed by atoms with Gasteiger partial charge in [-0.1, -0.05) is 32.0 Å². The summed E-state index contributed by atoms with van der Waals surface area (Å²) >= 11 is 0. The van der Waals surface area contributed by atoms with Gasteiger partial charge in [-0.25, -0.2) is 14.8 Å². The maximum absolute atomic E-state index is 12.7. The number of carbonyl (C=O) groups excluding carboxylic acids is 1. The lowest BCUT2D eigenvalue weighted by atomic mass is 9.91. The summed E-state index contributed by atoms with van der Waals surface area (Å²) in [5.41, 5.74) is 3.47. The Morgan fingerprint density at radius 3 is 2.47 bits per heavy atom. The lowest BCUT2D eigenvalue weighted by Crippen LogP contribution is -2.17. The van der Waals surface area contributed by atoms with Gasteiger partial charge in [-0.2, -0.15) is 0 Å². The van der Waals surface area contributed by atoms with Gasteiger partial charge in [0.2, 0.25) is 0 Å². The molecule has 2 aromatic heterocycles. The largest absolute Gasteiger partial charge is 0.461 e. The van der Waals surface area contributed by atoms with Crippen LogP contribution in [0.3, 0.4) is 0 Å². The summed E-state index contributed by atoms with van der Waals surface area (Å²) in [5, 5.41) is 24.4. The molecule has 0 saturated heterocycles. The molecule has 36 heavy (non-hydrogen) atoms. The molecule has 0 radical (unpaired) electrons. The number of aliphatic hydroxyl groups excluding tert-OH is 1. The van der Waals surface area contributed by atoms with E-state index in [9.17, 15) is 4.79 Å². The van der Waals surface area contributed by atoms with E-state index in [2.05, 4.69) is 20.6 Å². The molecule has 0 spiro atoms. The number of esters is 1. The standard InChI is InChI=1S/C27H34N6O3/c1-6-36-27(35)21-16-20(18-10-12-19(13-11-18)29-14-15-34)24(25(28)17(2)3)26(30-21)32-22-8-7-9-23(31-22)33(4)5/h7-13,16-17,28-29,34H,6,14-15H2,1-5H3,(H,30,31,32). The maximum atomic E-state index is 12.7. The summed E-state index contributed by atoms with van der Waals surface area (Å²) in [6.45, 7) is 6.33. The second-order valence-corrected chi connectivity index (χ2v) is 8.70. The third kappa shape index (κ3) is 6.37. The van der Waals surface area contributed by atoms with Gasteiger partial charge in [0.05, 0.1) is 13.2 Å². The fourth-order valence-corrected chi connectivity index (χ4v) is 3.57. The van der Waals surface area contributed by atoms with E-state index in [1.54, 1.807) is 13.0 Å². The molecule has 0 bridgehead atoms.